The number of fused-ring (bicyclic) bond motifs is 1. The van der Waals surface area contributed by atoms with E-state index in [2.05, 4.69) is 183 Å². The maximum Gasteiger partial charge on any atom is 0.334 e. The highest BCUT2D eigenvalue weighted by Crippen LogP contribution is 2.38. The number of nitrogens with zero attached hydrogens (tertiary/aromatic N) is 7. The molecule has 8 rings (SSSR count). The second kappa shape index (κ2) is 12.2. The lowest BCUT2D eigenvalue weighted by molar-refractivity contribution is -0.779. The van der Waals surface area contributed by atoms with Crippen LogP contribution in [0, 0.1) is 6.92 Å². The number of rotatable bonds is 9. The van der Waals surface area contributed by atoms with Gasteiger partial charge in [0.2, 0.25) is 0 Å². The van der Waals surface area contributed by atoms with Crippen molar-refractivity contribution in [2.45, 2.75) is 32.4 Å². The van der Waals surface area contributed by atoms with Crippen LogP contribution < -0.4 is 4.68 Å². The molecule has 234 valence electrons. The zero-order valence-electron chi connectivity index (χ0n) is 26.9. The van der Waals surface area contributed by atoms with Crippen LogP contribution in [0.15, 0.2) is 146 Å². The van der Waals surface area contributed by atoms with Crippen molar-refractivity contribution in [2.75, 3.05) is 0 Å². The predicted molar refractivity (Wildman–Crippen MR) is 186 cm³/mol. The van der Waals surface area contributed by atoms with Crippen molar-refractivity contribution >= 4 is 5.65 Å². The molecule has 5 aromatic carbocycles. The molecule has 0 saturated heterocycles. The molecule has 1 N–H and O–H groups in total. The van der Waals surface area contributed by atoms with E-state index in [0.29, 0.717) is 6.54 Å². The largest absolute Gasteiger partial charge is 0.334 e. The lowest BCUT2D eigenvalue weighted by Gasteiger charge is -2.33. The molecule has 0 aliphatic rings. The maximum atomic E-state index is 4.77. The highest BCUT2D eigenvalue weighted by Gasteiger charge is 2.46. The maximum absolute atomic E-state index is 4.77. The molecule has 0 atom stereocenters. The summed E-state index contributed by atoms with van der Waals surface area (Å²) in [5.41, 5.74) is 8.94. The van der Waals surface area contributed by atoms with Gasteiger partial charge in [-0.15, -0.1) is 9.78 Å². The van der Waals surface area contributed by atoms with E-state index in [-0.39, 0.29) is 0 Å². The lowest BCUT2D eigenvalue weighted by atomic mass is 9.77. The summed E-state index contributed by atoms with van der Waals surface area (Å²) in [5, 5.41) is 17.2. The van der Waals surface area contributed by atoms with Gasteiger partial charge in [0, 0.05) is 28.5 Å². The molecule has 3 aromatic heterocycles. The summed E-state index contributed by atoms with van der Waals surface area (Å²) < 4.78 is 6.16. The van der Waals surface area contributed by atoms with E-state index < -0.39 is 5.54 Å². The van der Waals surface area contributed by atoms with E-state index in [9.17, 15) is 0 Å². The van der Waals surface area contributed by atoms with Crippen LogP contribution in [0.4, 0.5) is 0 Å². The fourth-order valence-corrected chi connectivity index (χ4v) is 6.89. The smallest absolute Gasteiger partial charge is 0.266 e. The van der Waals surface area contributed by atoms with Crippen LogP contribution in [0.5, 0.6) is 0 Å². The Kier molecular flexibility index (Phi) is 7.45. The van der Waals surface area contributed by atoms with Crippen LogP contribution in [0.2, 0.25) is 0 Å². The van der Waals surface area contributed by atoms with Crippen molar-refractivity contribution < 1.29 is 4.68 Å². The Labute approximate surface area is 278 Å². The van der Waals surface area contributed by atoms with E-state index in [1.807, 2.05) is 11.6 Å². The molecule has 0 aliphatic carbocycles. The van der Waals surface area contributed by atoms with E-state index in [1.54, 1.807) is 0 Å². The van der Waals surface area contributed by atoms with Gasteiger partial charge in [0.15, 0.2) is 16.4 Å². The molecular weight excluding hydrogens is 592 g/mol. The molecule has 8 aromatic rings. The Hall–Kier alpha value is -6.15. The summed E-state index contributed by atoms with van der Waals surface area (Å²) in [6, 6.07) is 48.8. The molecule has 48 heavy (non-hydrogen) atoms. The lowest BCUT2D eigenvalue weighted by Crippen LogP contribution is -2.61. The molecule has 0 aliphatic heterocycles. The number of aromatic nitrogens is 8. The number of benzene rings is 5. The Bertz CT molecular complexity index is 2200. The third-order valence-corrected chi connectivity index (χ3v) is 9.10. The summed E-state index contributed by atoms with van der Waals surface area (Å²) in [7, 11) is 0. The predicted octanol–water partition coefficient (Wildman–Crippen LogP) is 7.03. The normalized spacial score (nSPS) is 11.7. The highest BCUT2D eigenvalue weighted by atomic mass is 15.6. The molecule has 0 bridgehead atoms. The number of tetrazole rings is 1. The number of aromatic amines is 1. The third kappa shape index (κ3) is 4.89. The Morgan fingerprint density at radius 2 is 1.25 bits per heavy atom. The second-order valence-electron chi connectivity index (χ2n) is 12.0. The molecule has 0 spiro atoms. The standard InChI is InChI=1S/C40H34N8/c1-3-31-28-46(48-38(31)41-29(2)43-48)27-30-23-25-32(26-24-30)36-21-13-14-22-37(36)39-42-44-45-47(39)40(33-15-7-4-8-16-33,34-17-9-5-10-18-34)35-19-11-6-12-20-35/h4-26,28H,3,27H2,1-2H3/p+1. The molecule has 0 saturated carbocycles. The zero-order valence-corrected chi connectivity index (χ0v) is 26.9. The van der Waals surface area contributed by atoms with Gasteiger partial charge in [0.1, 0.15) is 10.9 Å². The first kappa shape index (κ1) is 29.3. The first-order chi connectivity index (χ1) is 23.7. The van der Waals surface area contributed by atoms with Crippen LogP contribution in [0.3, 0.4) is 0 Å². The third-order valence-electron chi connectivity index (χ3n) is 9.10. The Morgan fingerprint density at radius 1 is 0.688 bits per heavy atom. The monoisotopic (exact) mass is 627 g/mol. The topological polar surface area (TPSA) is 80.6 Å². The van der Waals surface area contributed by atoms with Crippen LogP contribution in [0.1, 0.15) is 40.6 Å². The van der Waals surface area contributed by atoms with E-state index in [4.69, 9.17) is 5.10 Å². The Morgan fingerprint density at radius 3 is 1.83 bits per heavy atom. The van der Waals surface area contributed by atoms with Gasteiger partial charge in [-0.05, 0) is 36.1 Å². The van der Waals surface area contributed by atoms with E-state index >= 15 is 0 Å². The fraction of sp³-hybridized carbons (Fsp3) is 0.125. The van der Waals surface area contributed by atoms with Gasteiger partial charge in [-0.1, -0.05) is 146 Å². The van der Waals surface area contributed by atoms with Gasteiger partial charge in [0.25, 0.3) is 0 Å². The first-order valence-corrected chi connectivity index (χ1v) is 16.3. The molecule has 0 amide bonds. The fourth-order valence-electron chi connectivity index (χ4n) is 6.89. The van der Waals surface area contributed by atoms with E-state index in [1.165, 1.54) is 11.1 Å². The van der Waals surface area contributed by atoms with Crippen molar-refractivity contribution in [1.82, 2.24) is 34.9 Å². The van der Waals surface area contributed by atoms with Gasteiger partial charge < -0.3 is 0 Å². The quantitative estimate of drug-likeness (QED) is 0.138. The van der Waals surface area contributed by atoms with Crippen LogP contribution in [-0.4, -0.2) is 34.9 Å². The second-order valence-corrected chi connectivity index (χ2v) is 12.0. The Balaban J connectivity index is 1.24. The van der Waals surface area contributed by atoms with Gasteiger partial charge in [0.05, 0.1) is 12.1 Å². The van der Waals surface area contributed by atoms with Gasteiger partial charge in [-0.2, -0.15) is 4.63 Å². The van der Waals surface area contributed by atoms with Gasteiger partial charge >= 0.3 is 5.82 Å². The number of aryl methyl sites for hydroxylation is 2. The number of H-pyrrole nitrogens is 1. The number of nitrogens with one attached hydrogen (secondary N) is 1. The molecule has 0 radical (unpaired) electrons. The minimum absolute atomic E-state index is 0.693. The number of hydrogen-bond donors (Lipinski definition) is 1. The summed E-state index contributed by atoms with van der Waals surface area (Å²) >= 11 is 0. The van der Waals surface area contributed by atoms with Crippen LogP contribution in [0.25, 0.3) is 28.2 Å². The zero-order chi connectivity index (χ0) is 32.5. The summed E-state index contributed by atoms with van der Waals surface area (Å²) in [6.45, 7) is 4.78. The molecule has 0 fully saturated rings. The van der Waals surface area contributed by atoms with Crippen molar-refractivity contribution in [3.8, 4) is 22.5 Å². The molecule has 0 unspecified atom stereocenters. The van der Waals surface area contributed by atoms with Crippen molar-refractivity contribution in [3.05, 3.63) is 179 Å². The first-order valence-electron chi connectivity index (χ1n) is 16.3. The molecule has 3 heterocycles. The van der Waals surface area contributed by atoms with Crippen molar-refractivity contribution in [3.63, 3.8) is 0 Å². The SMILES string of the molecule is CCc1cn(Cc2ccc(-c3ccccc3-c3nn[nH][n+]3C(c3ccccc3)(c3ccccc3)c3ccccc3)cc2)n2nc(C)nc12. The minimum Gasteiger partial charge on any atom is -0.266 e. The average molecular weight is 628 g/mol. The van der Waals surface area contributed by atoms with Crippen molar-refractivity contribution in [1.29, 1.82) is 0 Å². The van der Waals surface area contributed by atoms with E-state index in [0.717, 1.165) is 57.1 Å². The van der Waals surface area contributed by atoms with Crippen LogP contribution in [-0.2, 0) is 18.5 Å². The summed E-state index contributed by atoms with van der Waals surface area (Å²) in [6.07, 6.45) is 3.06. The molecular formula is C40H35N8+. The minimum atomic E-state index is -0.779. The number of hydrogen-bond acceptors (Lipinski definition) is 4. The summed E-state index contributed by atoms with van der Waals surface area (Å²) in [4.78, 5) is 4.63. The van der Waals surface area contributed by atoms with Gasteiger partial charge in [-0.25, -0.2) is 4.98 Å². The van der Waals surface area contributed by atoms with Crippen molar-refractivity contribution in [2.24, 2.45) is 0 Å². The summed E-state index contributed by atoms with van der Waals surface area (Å²) in [5.74, 6) is 1.51. The molecule has 8 nitrogen and oxygen atoms in total. The highest BCUT2D eigenvalue weighted by molar-refractivity contribution is 5.79. The van der Waals surface area contributed by atoms with Gasteiger partial charge in [-0.3, -0.25) is 4.68 Å². The average Bonchev–Trinajstić information content (AvgIpc) is 3.87. The molecule has 8 heteroatoms. The van der Waals surface area contributed by atoms with Crippen LogP contribution >= 0.6 is 0 Å².